The highest BCUT2D eigenvalue weighted by atomic mass is 19.1. The van der Waals surface area contributed by atoms with E-state index in [0.717, 1.165) is 29.7 Å². The van der Waals surface area contributed by atoms with Crippen LogP contribution in [0, 0.1) is 5.82 Å². The molecule has 0 fully saturated rings. The maximum absolute atomic E-state index is 13.3. The quantitative estimate of drug-likeness (QED) is 0.466. The molecule has 0 saturated heterocycles. The monoisotopic (exact) mass is 452 g/mol. The lowest BCUT2D eigenvalue weighted by molar-refractivity contribution is 0.0983. The number of hydrogen-bond acceptors (Lipinski definition) is 4. The Morgan fingerprint density at radius 1 is 0.853 bits per heavy atom. The minimum Gasteiger partial charge on any atom is -0.322 e. The predicted octanol–water partition coefficient (Wildman–Crippen LogP) is 5.13. The number of aromatic nitrogens is 2. The molecule has 7 heteroatoms. The molecule has 0 saturated carbocycles. The number of carbonyl (C=O) groups excluding carboxylic acids is 2. The Morgan fingerprint density at radius 2 is 1.59 bits per heavy atom. The van der Waals surface area contributed by atoms with Crippen LogP contribution in [0.4, 0.5) is 15.8 Å². The molecule has 2 heterocycles. The third-order valence-corrected chi connectivity index (χ3v) is 5.78. The van der Waals surface area contributed by atoms with Crippen molar-refractivity contribution < 1.29 is 14.0 Å². The zero-order chi connectivity index (χ0) is 23.5. The molecule has 0 aliphatic carbocycles. The molecule has 0 spiro atoms. The Balaban J connectivity index is 1.39. The van der Waals surface area contributed by atoms with E-state index in [1.165, 1.54) is 24.3 Å². The van der Waals surface area contributed by atoms with Crippen LogP contribution in [0.1, 0.15) is 32.7 Å². The maximum atomic E-state index is 13.3. The van der Waals surface area contributed by atoms with Crippen molar-refractivity contribution in [3.05, 3.63) is 108 Å². The summed E-state index contributed by atoms with van der Waals surface area (Å²) in [6.45, 7) is 0.557. The maximum Gasteiger partial charge on any atom is 0.261 e. The number of carbonyl (C=O) groups is 2. The normalized spacial score (nSPS) is 12.7. The summed E-state index contributed by atoms with van der Waals surface area (Å²) in [4.78, 5) is 36.4. The number of fused-ring (bicyclic) bond motifs is 1. The second-order valence-electron chi connectivity index (χ2n) is 7.99. The van der Waals surface area contributed by atoms with Crippen molar-refractivity contribution in [2.45, 2.75) is 12.8 Å². The zero-order valence-electron chi connectivity index (χ0n) is 18.2. The van der Waals surface area contributed by atoms with Gasteiger partial charge in [-0.25, -0.2) is 14.4 Å². The van der Waals surface area contributed by atoms with Crippen LogP contribution >= 0.6 is 0 Å². The van der Waals surface area contributed by atoms with Crippen molar-refractivity contribution in [3.8, 4) is 11.4 Å². The summed E-state index contributed by atoms with van der Waals surface area (Å²) in [5.74, 6) is -0.366. The van der Waals surface area contributed by atoms with Crippen LogP contribution in [0.5, 0.6) is 0 Å². The molecule has 1 aromatic heterocycles. The first-order valence-electron chi connectivity index (χ1n) is 11.0. The van der Waals surface area contributed by atoms with E-state index in [2.05, 4.69) is 15.3 Å². The molecule has 5 rings (SSSR count). The first kappa shape index (κ1) is 21.5. The van der Waals surface area contributed by atoms with Gasteiger partial charge in [-0.05, 0) is 54.8 Å². The molecule has 0 bridgehead atoms. The largest absolute Gasteiger partial charge is 0.322 e. The summed E-state index contributed by atoms with van der Waals surface area (Å²) < 4.78 is 13.2. The van der Waals surface area contributed by atoms with Gasteiger partial charge in [-0.3, -0.25) is 9.59 Å². The van der Waals surface area contributed by atoms with E-state index in [1.54, 1.807) is 23.4 Å². The van der Waals surface area contributed by atoms with Crippen LogP contribution in [-0.2, 0) is 6.42 Å². The number of anilines is 2. The van der Waals surface area contributed by atoms with Crippen LogP contribution in [0.15, 0.2) is 85.2 Å². The fraction of sp³-hybridized carbons (Fsp3) is 0.111. The molecule has 3 aromatic carbocycles. The molecular formula is C27H21FN4O2. The van der Waals surface area contributed by atoms with Crippen molar-refractivity contribution in [3.63, 3.8) is 0 Å². The van der Waals surface area contributed by atoms with E-state index in [-0.39, 0.29) is 11.8 Å². The molecule has 1 aliphatic heterocycles. The number of nitrogens with zero attached hydrogens (tertiary/aromatic N) is 3. The van der Waals surface area contributed by atoms with Crippen LogP contribution in [0.25, 0.3) is 11.4 Å². The van der Waals surface area contributed by atoms with Crippen LogP contribution in [-0.4, -0.2) is 28.3 Å². The summed E-state index contributed by atoms with van der Waals surface area (Å²) in [6.07, 6.45) is 4.58. The van der Waals surface area contributed by atoms with E-state index in [9.17, 15) is 14.0 Å². The van der Waals surface area contributed by atoms with Gasteiger partial charge in [0.1, 0.15) is 5.82 Å². The first-order valence-corrected chi connectivity index (χ1v) is 11.0. The lowest BCUT2D eigenvalue weighted by Gasteiger charge is -2.31. The Labute approximate surface area is 196 Å². The average molecular weight is 452 g/mol. The van der Waals surface area contributed by atoms with Gasteiger partial charge in [0.05, 0.1) is 5.56 Å². The smallest absolute Gasteiger partial charge is 0.261 e. The number of benzene rings is 3. The van der Waals surface area contributed by atoms with Gasteiger partial charge < -0.3 is 10.2 Å². The highest BCUT2D eigenvalue weighted by Crippen LogP contribution is 2.34. The highest BCUT2D eigenvalue weighted by molar-refractivity contribution is 6.08. The summed E-state index contributed by atoms with van der Waals surface area (Å²) in [5, 5.41) is 2.91. The van der Waals surface area contributed by atoms with Gasteiger partial charge in [0, 0.05) is 41.4 Å². The first-order chi connectivity index (χ1) is 16.6. The van der Waals surface area contributed by atoms with Gasteiger partial charge in [-0.15, -0.1) is 0 Å². The fourth-order valence-electron chi connectivity index (χ4n) is 4.08. The minimum atomic E-state index is -0.399. The van der Waals surface area contributed by atoms with Gasteiger partial charge >= 0.3 is 0 Å². The van der Waals surface area contributed by atoms with E-state index in [4.69, 9.17) is 0 Å². The molecule has 0 atom stereocenters. The van der Waals surface area contributed by atoms with Gasteiger partial charge in [0.2, 0.25) is 0 Å². The molecule has 1 N–H and O–H groups in total. The Kier molecular flexibility index (Phi) is 5.82. The molecule has 0 radical (unpaired) electrons. The number of rotatable bonds is 4. The van der Waals surface area contributed by atoms with Gasteiger partial charge in [-0.1, -0.05) is 36.4 Å². The molecule has 34 heavy (non-hydrogen) atoms. The summed E-state index contributed by atoms with van der Waals surface area (Å²) >= 11 is 0. The SMILES string of the molecule is O=C(Nc1cccc2c1CCCN2C(=O)c1cnc(-c2ccccc2)nc1)c1ccc(F)cc1. The molecular weight excluding hydrogens is 431 g/mol. The van der Waals surface area contributed by atoms with Crippen LogP contribution < -0.4 is 10.2 Å². The molecule has 168 valence electrons. The lowest BCUT2D eigenvalue weighted by atomic mass is 9.98. The number of hydrogen-bond donors (Lipinski definition) is 1. The minimum absolute atomic E-state index is 0.192. The Bertz CT molecular complexity index is 1340. The van der Waals surface area contributed by atoms with Crippen LogP contribution in [0.2, 0.25) is 0 Å². The van der Waals surface area contributed by atoms with E-state index >= 15 is 0 Å². The summed E-state index contributed by atoms with van der Waals surface area (Å²) in [6, 6.07) is 20.4. The molecule has 1 aliphatic rings. The van der Waals surface area contributed by atoms with Gasteiger partial charge in [0.25, 0.3) is 11.8 Å². The number of halogens is 1. The third kappa shape index (κ3) is 4.28. The molecule has 2 amide bonds. The standard InChI is InChI=1S/C27H21FN4O2/c28-21-13-11-19(12-14-21)26(33)31-23-9-4-10-24-22(23)8-5-15-32(24)27(34)20-16-29-25(30-17-20)18-6-2-1-3-7-18/h1-4,6-7,9-14,16-17H,5,8,15H2,(H,31,33). The molecule has 4 aromatic rings. The Hall–Kier alpha value is -4.39. The average Bonchev–Trinajstić information content (AvgIpc) is 2.89. The lowest BCUT2D eigenvalue weighted by Crippen LogP contribution is -2.36. The Morgan fingerprint density at radius 3 is 2.32 bits per heavy atom. The molecule has 6 nitrogen and oxygen atoms in total. The van der Waals surface area contributed by atoms with Crippen molar-refractivity contribution in [1.29, 1.82) is 0 Å². The third-order valence-electron chi connectivity index (χ3n) is 5.78. The molecule has 0 unspecified atom stereocenters. The summed E-state index contributed by atoms with van der Waals surface area (Å²) in [5.41, 5.74) is 3.91. The second kappa shape index (κ2) is 9.23. The predicted molar refractivity (Wildman–Crippen MR) is 128 cm³/mol. The highest BCUT2D eigenvalue weighted by Gasteiger charge is 2.26. The van der Waals surface area contributed by atoms with Crippen molar-refractivity contribution in [2.75, 3.05) is 16.8 Å². The fourth-order valence-corrected chi connectivity index (χ4v) is 4.08. The summed E-state index contributed by atoms with van der Waals surface area (Å²) in [7, 11) is 0. The second-order valence-corrected chi connectivity index (χ2v) is 7.99. The van der Waals surface area contributed by atoms with E-state index in [1.807, 2.05) is 42.5 Å². The topological polar surface area (TPSA) is 75.2 Å². The van der Waals surface area contributed by atoms with E-state index < -0.39 is 5.82 Å². The van der Waals surface area contributed by atoms with Crippen LogP contribution in [0.3, 0.4) is 0 Å². The van der Waals surface area contributed by atoms with Gasteiger partial charge in [-0.2, -0.15) is 0 Å². The van der Waals surface area contributed by atoms with Crippen molar-refractivity contribution in [2.24, 2.45) is 0 Å². The number of amides is 2. The number of nitrogens with one attached hydrogen (secondary N) is 1. The van der Waals surface area contributed by atoms with Crippen molar-refractivity contribution in [1.82, 2.24) is 9.97 Å². The van der Waals surface area contributed by atoms with Crippen molar-refractivity contribution >= 4 is 23.2 Å². The zero-order valence-corrected chi connectivity index (χ0v) is 18.2. The van der Waals surface area contributed by atoms with E-state index in [0.29, 0.717) is 29.2 Å². The van der Waals surface area contributed by atoms with Gasteiger partial charge in [0.15, 0.2) is 5.82 Å².